The Morgan fingerprint density at radius 3 is 2.58 bits per heavy atom. The molecule has 1 aliphatic heterocycles. The number of hydrogen-bond donors (Lipinski definition) is 2. The summed E-state index contributed by atoms with van der Waals surface area (Å²) in [6.07, 6.45) is 8.40. The predicted octanol–water partition coefficient (Wildman–Crippen LogP) is 7.80. The molecule has 3 aliphatic rings. The molecule has 0 radical (unpaired) electrons. The topological polar surface area (TPSA) is 105 Å². The van der Waals surface area contributed by atoms with Gasteiger partial charge in [-0.3, -0.25) is 4.79 Å². The van der Waals surface area contributed by atoms with Crippen LogP contribution in [0, 0.1) is 11.8 Å². The first-order valence-electron chi connectivity index (χ1n) is 17.9. The van der Waals surface area contributed by atoms with Crippen molar-refractivity contribution in [2.24, 2.45) is 11.8 Å². The van der Waals surface area contributed by atoms with Crippen LogP contribution in [-0.2, 0) is 26.3 Å². The minimum atomic E-state index is -4.10. The Balaban J connectivity index is 1.44. The smallest absolute Gasteiger partial charge is 0.264 e. The number of fused-ring (bicyclic) bond motifs is 3. The van der Waals surface area contributed by atoms with Crippen LogP contribution in [-0.4, -0.2) is 65.4 Å². The van der Waals surface area contributed by atoms with Gasteiger partial charge in [-0.1, -0.05) is 50.6 Å². The Morgan fingerprint density at radius 1 is 1.18 bits per heavy atom. The van der Waals surface area contributed by atoms with Crippen molar-refractivity contribution in [2.45, 2.75) is 101 Å². The number of hydrogen-bond acceptors (Lipinski definition) is 7. The zero-order valence-electron chi connectivity index (χ0n) is 30.3. The molecule has 1 spiro atoms. The van der Waals surface area contributed by atoms with Crippen molar-refractivity contribution in [3.63, 3.8) is 0 Å². The minimum Gasteiger partial charge on any atom is -0.490 e. The van der Waals surface area contributed by atoms with E-state index in [9.17, 15) is 18.3 Å². The van der Waals surface area contributed by atoms with Crippen LogP contribution >= 0.6 is 11.6 Å². The Hall–Kier alpha value is -2.63. The Morgan fingerprint density at radius 2 is 1.92 bits per heavy atom. The van der Waals surface area contributed by atoms with Gasteiger partial charge in [0.1, 0.15) is 11.0 Å². The van der Waals surface area contributed by atoms with Crippen molar-refractivity contribution in [3.8, 4) is 5.75 Å². The van der Waals surface area contributed by atoms with Crippen LogP contribution < -0.4 is 14.4 Å². The van der Waals surface area contributed by atoms with Gasteiger partial charge in [0.15, 0.2) is 8.32 Å². The Bertz CT molecular complexity index is 1690. The number of aryl methyl sites for hydroxylation is 1. The maximum absolute atomic E-state index is 13.7. The first-order valence-corrected chi connectivity index (χ1v) is 22.7. The van der Waals surface area contributed by atoms with E-state index in [4.69, 9.17) is 20.8 Å². The monoisotopic (exact) mass is 742 g/mol. The highest BCUT2D eigenvalue weighted by Crippen LogP contribution is 2.47. The van der Waals surface area contributed by atoms with Gasteiger partial charge in [-0.15, -0.1) is 13.2 Å². The number of sulfonamides is 1. The molecule has 0 aromatic heterocycles. The van der Waals surface area contributed by atoms with E-state index >= 15 is 0 Å². The molecule has 1 heterocycles. The quantitative estimate of drug-likeness (QED) is 0.159. The number of anilines is 1. The lowest BCUT2D eigenvalue weighted by atomic mass is 9.68. The van der Waals surface area contributed by atoms with Gasteiger partial charge in [-0.25, -0.2) is 13.1 Å². The third-order valence-corrected chi connectivity index (χ3v) is 18.1. The molecule has 0 saturated heterocycles. The summed E-state index contributed by atoms with van der Waals surface area (Å²) in [5.74, 6) is 0.353. The van der Waals surface area contributed by atoms with Crippen molar-refractivity contribution in [1.82, 2.24) is 4.72 Å². The SMILES string of the molecule is C=CC[C@H](CO[Si](C)(C)C(C)(C)C)S(=O)(=O)NC(=O)c1ccc2c(c1)N(C[C@@H]1CC[C@H]1[C@@H](O)CC=C)C[C@@]1(CCCc3cc(Cl)ccc31)CO2. The summed E-state index contributed by atoms with van der Waals surface area (Å²) >= 11 is 6.43. The van der Waals surface area contributed by atoms with Gasteiger partial charge in [0.2, 0.25) is 10.0 Å². The number of carbonyl (C=O) groups is 1. The van der Waals surface area contributed by atoms with Crippen LogP contribution in [0.1, 0.15) is 80.8 Å². The molecule has 1 saturated carbocycles. The van der Waals surface area contributed by atoms with E-state index in [1.165, 1.54) is 11.1 Å². The van der Waals surface area contributed by atoms with E-state index in [2.05, 4.69) is 68.8 Å². The zero-order valence-corrected chi connectivity index (χ0v) is 32.9. The average molecular weight is 743 g/mol. The third-order valence-electron chi connectivity index (χ3n) is 11.7. The molecular formula is C39H55ClN2O6SSi. The highest BCUT2D eigenvalue weighted by atomic mass is 35.5. The van der Waals surface area contributed by atoms with Crippen molar-refractivity contribution in [2.75, 3.05) is 31.2 Å². The fourth-order valence-corrected chi connectivity index (χ4v) is 10.0. The van der Waals surface area contributed by atoms with Gasteiger partial charge in [0.25, 0.3) is 5.91 Å². The number of nitrogens with zero attached hydrogens (tertiary/aromatic N) is 1. The fraction of sp³-hybridized carbons (Fsp3) is 0.564. The lowest BCUT2D eigenvalue weighted by Gasteiger charge is -2.45. The van der Waals surface area contributed by atoms with Crippen LogP contribution in [0.15, 0.2) is 61.7 Å². The van der Waals surface area contributed by atoms with E-state index in [0.717, 1.165) is 42.8 Å². The van der Waals surface area contributed by atoms with Gasteiger partial charge in [0, 0.05) is 29.1 Å². The number of ether oxygens (including phenoxy) is 1. The summed E-state index contributed by atoms with van der Waals surface area (Å²) in [4.78, 5) is 16.0. The number of aliphatic hydroxyl groups excluding tert-OH is 1. The molecule has 0 bridgehead atoms. The number of amides is 1. The van der Waals surface area contributed by atoms with Crippen molar-refractivity contribution in [3.05, 3.63) is 83.4 Å². The van der Waals surface area contributed by atoms with Crippen molar-refractivity contribution in [1.29, 1.82) is 0 Å². The molecule has 2 N–H and O–H groups in total. The molecule has 2 aliphatic carbocycles. The second kappa shape index (κ2) is 15.1. The largest absolute Gasteiger partial charge is 0.490 e. The third kappa shape index (κ3) is 8.20. The number of allylic oxidation sites excluding steroid dienone is 1. The van der Waals surface area contributed by atoms with Crippen LogP contribution in [0.5, 0.6) is 5.75 Å². The van der Waals surface area contributed by atoms with E-state index in [0.29, 0.717) is 31.9 Å². The minimum absolute atomic E-state index is 0.0219. The molecule has 2 aromatic rings. The molecule has 2 aromatic carbocycles. The molecule has 274 valence electrons. The van der Waals surface area contributed by atoms with E-state index in [-0.39, 0.29) is 40.9 Å². The van der Waals surface area contributed by atoms with E-state index in [1.54, 1.807) is 30.4 Å². The van der Waals surface area contributed by atoms with Gasteiger partial charge < -0.3 is 19.2 Å². The number of aliphatic hydroxyl groups is 1. The molecule has 11 heteroatoms. The second-order valence-electron chi connectivity index (χ2n) is 16.1. The molecular weight excluding hydrogens is 688 g/mol. The molecule has 1 fully saturated rings. The summed E-state index contributed by atoms with van der Waals surface area (Å²) in [6, 6.07) is 11.3. The molecule has 5 rings (SSSR count). The van der Waals surface area contributed by atoms with Crippen LogP contribution in [0.2, 0.25) is 23.2 Å². The first-order chi connectivity index (χ1) is 23.5. The highest BCUT2D eigenvalue weighted by molar-refractivity contribution is 7.90. The normalized spacial score (nSPS) is 23.4. The number of carbonyl (C=O) groups excluding carboxylic acids is 1. The lowest BCUT2D eigenvalue weighted by Crippen LogP contribution is -2.49. The average Bonchev–Trinajstić information content (AvgIpc) is 3.17. The van der Waals surface area contributed by atoms with Gasteiger partial charge in [0.05, 0.1) is 25.0 Å². The molecule has 0 unspecified atom stereocenters. The summed E-state index contributed by atoms with van der Waals surface area (Å²) < 4.78 is 42.5. The van der Waals surface area contributed by atoms with E-state index in [1.807, 2.05) is 6.07 Å². The fourth-order valence-electron chi connectivity index (χ4n) is 7.47. The van der Waals surface area contributed by atoms with Crippen LogP contribution in [0.25, 0.3) is 0 Å². The van der Waals surface area contributed by atoms with Gasteiger partial charge in [-0.05, 0) is 116 Å². The molecule has 50 heavy (non-hydrogen) atoms. The summed E-state index contributed by atoms with van der Waals surface area (Å²) in [5, 5.41) is 10.6. The van der Waals surface area contributed by atoms with Crippen LogP contribution in [0.3, 0.4) is 0 Å². The summed E-state index contributed by atoms with van der Waals surface area (Å²) in [6.45, 7) is 19.8. The predicted molar refractivity (Wildman–Crippen MR) is 205 cm³/mol. The number of benzene rings is 2. The van der Waals surface area contributed by atoms with Crippen LogP contribution in [0.4, 0.5) is 5.69 Å². The van der Waals surface area contributed by atoms with Gasteiger partial charge in [-0.2, -0.15) is 0 Å². The Kier molecular flexibility index (Phi) is 11.7. The van der Waals surface area contributed by atoms with Crippen molar-refractivity contribution < 1.29 is 27.5 Å². The second-order valence-corrected chi connectivity index (χ2v) is 23.3. The number of nitrogens with one attached hydrogen (secondary N) is 1. The molecule has 8 nitrogen and oxygen atoms in total. The summed E-state index contributed by atoms with van der Waals surface area (Å²) in [7, 11) is -6.34. The van der Waals surface area contributed by atoms with E-state index < -0.39 is 35.6 Å². The molecule has 5 atom stereocenters. The maximum atomic E-state index is 13.7. The number of halogens is 1. The van der Waals surface area contributed by atoms with Crippen molar-refractivity contribution >= 4 is 41.5 Å². The summed E-state index contributed by atoms with van der Waals surface area (Å²) in [5.41, 5.74) is 3.15. The maximum Gasteiger partial charge on any atom is 0.264 e. The standard InChI is InChI=1S/C39H55ClN2O6SSi/c1-8-11-31(24-48-50(6,7)38(3,4)5)49(45,46)41-37(44)28-15-19-36-34(22-28)42(23-29-14-17-32(29)35(43)12-9-2)25-39(26-47-36)20-10-13-27-21-30(40)16-18-33(27)39/h8-9,15-16,18-19,21-22,29,31-32,35,43H,1-2,10-14,17,20,23-26H2,3-7H3,(H,41,44)/t29-,31+,32+,35-,39-/m0/s1. The Labute approximate surface area is 305 Å². The van der Waals surface area contributed by atoms with Gasteiger partial charge >= 0.3 is 0 Å². The zero-order chi connectivity index (χ0) is 36.5. The highest BCUT2D eigenvalue weighted by Gasteiger charge is 2.44. The first kappa shape index (κ1) is 38.6. The lowest BCUT2D eigenvalue weighted by molar-refractivity contribution is 0.0178. The number of rotatable bonds is 13. The molecule has 1 amide bonds.